The maximum absolute atomic E-state index is 12.7. The van der Waals surface area contributed by atoms with Crippen molar-refractivity contribution in [1.29, 1.82) is 0 Å². The van der Waals surface area contributed by atoms with Crippen molar-refractivity contribution < 1.29 is 27.5 Å². The van der Waals surface area contributed by atoms with Gasteiger partial charge in [0.15, 0.2) is 0 Å². The van der Waals surface area contributed by atoms with Crippen LogP contribution in [-0.2, 0) is 24.3 Å². The number of carbonyl (C=O) groups is 2. The summed E-state index contributed by atoms with van der Waals surface area (Å²) in [4.78, 5) is 27.8. The molecule has 0 aliphatic heterocycles. The molecule has 0 saturated heterocycles. The Kier molecular flexibility index (Phi) is 9.41. The number of esters is 1. The molecule has 0 radical (unpaired) electrons. The molecule has 1 aromatic heterocycles. The van der Waals surface area contributed by atoms with Crippen molar-refractivity contribution in [3.63, 3.8) is 0 Å². The highest BCUT2D eigenvalue weighted by Gasteiger charge is 2.26. The van der Waals surface area contributed by atoms with Gasteiger partial charge in [0.2, 0.25) is 15.9 Å². The number of amides is 1. The average Bonchev–Trinajstić information content (AvgIpc) is 2.77. The van der Waals surface area contributed by atoms with Gasteiger partial charge in [0.1, 0.15) is 18.4 Å². The first-order valence-corrected chi connectivity index (χ1v) is 11.3. The fraction of sp³-hybridized carbons (Fsp3) is 0.381. The van der Waals surface area contributed by atoms with Crippen LogP contribution in [0.5, 0.6) is 5.75 Å². The number of carbonyl (C=O) groups excluding carboxylic acids is 2. The van der Waals surface area contributed by atoms with E-state index in [-0.39, 0.29) is 30.4 Å². The van der Waals surface area contributed by atoms with Crippen LogP contribution in [0.4, 0.5) is 0 Å². The first-order valence-electron chi connectivity index (χ1n) is 9.78. The number of hydrogen-bond acceptors (Lipinski definition) is 7. The number of nitrogens with one attached hydrogen (secondary N) is 2. The Morgan fingerprint density at radius 1 is 1.13 bits per heavy atom. The van der Waals surface area contributed by atoms with Gasteiger partial charge in [-0.15, -0.1) is 0 Å². The largest absolute Gasteiger partial charge is 0.490 e. The van der Waals surface area contributed by atoms with Crippen LogP contribution in [0.1, 0.15) is 24.8 Å². The third-order valence-corrected chi connectivity index (χ3v) is 5.82. The summed E-state index contributed by atoms with van der Waals surface area (Å²) >= 11 is 0. The van der Waals surface area contributed by atoms with Gasteiger partial charge in [0.05, 0.1) is 18.2 Å². The standard InChI is InChI=1S/C21H27N3O6S/c1-16-8-10-18(11-9-16)31(27,28)24-19(15-30-17-6-5-12-22-14-17)21(26)23-13-4-3-7-20(25)29-2/h5-6,8-12,14,19,24H,3-4,7,13,15H2,1-2H3,(H,23,26). The molecule has 0 bridgehead atoms. The van der Waals surface area contributed by atoms with Crippen LogP contribution in [0.2, 0.25) is 0 Å². The Labute approximate surface area is 182 Å². The van der Waals surface area contributed by atoms with E-state index in [9.17, 15) is 18.0 Å². The second-order valence-corrected chi connectivity index (χ2v) is 8.52. The zero-order valence-corrected chi connectivity index (χ0v) is 18.4. The Balaban J connectivity index is 2.02. The van der Waals surface area contributed by atoms with Crippen LogP contribution < -0.4 is 14.8 Å². The van der Waals surface area contributed by atoms with Crippen LogP contribution >= 0.6 is 0 Å². The van der Waals surface area contributed by atoms with Crippen molar-refractivity contribution >= 4 is 21.9 Å². The molecule has 2 N–H and O–H groups in total. The minimum absolute atomic E-state index is 0.0513. The van der Waals surface area contributed by atoms with Crippen molar-refractivity contribution in [1.82, 2.24) is 15.0 Å². The number of aryl methyl sites for hydroxylation is 1. The van der Waals surface area contributed by atoms with E-state index >= 15 is 0 Å². The van der Waals surface area contributed by atoms with E-state index in [0.717, 1.165) is 5.56 Å². The first kappa shape index (κ1) is 24.3. The lowest BCUT2D eigenvalue weighted by atomic mass is 10.2. The van der Waals surface area contributed by atoms with E-state index < -0.39 is 22.0 Å². The Morgan fingerprint density at radius 2 is 1.87 bits per heavy atom. The average molecular weight is 450 g/mol. The van der Waals surface area contributed by atoms with Crippen molar-refractivity contribution in [3.8, 4) is 5.75 Å². The summed E-state index contributed by atoms with van der Waals surface area (Å²) in [5, 5.41) is 2.68. The molecule has 0 aliphatic rings. The molecule has 2 rings (SSSR count). The predicted octanol–water partition coefficient (Wildman–Crippen LogP) is 1.58. The zero-order chi connectivity index (χ0) is 22.7. The normalized spacial score (nSPS) is 12.1. The highest BCUT2D eigenvalue weighted by molar-refractivity contribution is 7.89. The number of benzene rings is 1. The Hall–Kier alpha value is -2.98. The molecule has 0 fully saturated rings. The molecule has 2 aromatic rings. The Bertz CT molecular complexity index is 949. The molecule has 1 atom stereocenters. The number of rotatable bonds is 12. The monoisotopic (exact) mass is 449 g/mol. The fourth-order valence-corrected chi connectivity index (χ4v) is 3.76. The number of pyridine rings is 1. The quantitative estimate of drug-likeness (QED) is 0.372. The van der Waals surface area contributed by atoms with E-state index in [2.05, 4.69) is 19.8 Å². The van der Waals surface area contributed by atoms with E-state index in [0.29, 0.717) is 18.6 Å². The molecule has 31 heavy (non-hydrogen) atoms. The molecule has 168 valence electrons. The third kappa shape index (κ3) is 8.35. The fourth-order valence-electron chi connectivity index (χ4n) is 2.58. The lowest BCUT2D eigenvalue weighted by Crippen LogP contribution is -2.50. The van der Waals surface area contributed by atoms with Gasteiger partial charge in [-0.1, -0.05) is 17.7 Å². The molecule has 1 amide bonds. The van der Waals surface area contributed by atoms with Crippen molar-refractivity contribution in [3.05, 3.63) is 54.4 Å². The molecule has 0 saturated carbocycles. The highest BCUT2D eigenvalue weighted by Crippen LogP contribution is 2.12. The van der Waals surface area contributed by atoms with Gasteiger partial charge in [-0.2, -0.15) is 4.72 Å². The van der Waals surface area contributed by atoms with E-state index in [1.54, 1.807) is 30.5 Å². The second kappa shape index (κ2) is 12.0. The van der Waals surface area contributed by atoms with Crippen molar-refractivity contribution in [2.45, 2.75) is 37.1 Å². The summed E-state index contributed by atoms with van der Waals surface area (Å²) in [6.45, 7) is 1.91. The van der Waals surface area contributed by atoms with Gasteiger partial charge in [-0.3, -0.25) is 14.6 Å². The summed E-state index contributed by atoms with van der Waals surface area (Å²) in [7, 11) is -2.63. The van der Waals surface area contributed by atoms with E-state index in [1.165, 1.54) is 25.4 Å². The maximum Gasteiger partial charge on any atom is 0.305 e. The number of aromatic nitrogens is 1. The lowest BCUT2D eigenvalue weighted by Gasteiger charge is -2.19. The molecular weight excluding hydrogens is 422 g/mol. The van der Waals surface area contributed by atoms with E-state index in [1.807, 2.05) is 6.92 Å². The molecule has 1 aromatic carbocycles. The maximum atomic E-state index is 12.7. The minimum Gasteiger partial charge on any atom is -0.490 e. The molecule has 0 spiro atoms. The van der Waals surface area contributed by atoms with Crippen LogP contribution in [0.25, 0.3) is 0 Å². The molecule has 1 unspecified atom stereocenters. The second-order valence-electron chi connectivity index (χ2n) is 6.81. The van der Waals surface area contributed by atoms with Gasteiger partial charge in [0, 0.05) is 19.2 Å². The number of unbranched alkanes of at least 4 members (excludes halogenated alkanes) is 1. The number of sulfonamides is 1. The SMILES string of the molecule is COC(=O)CCCCNC(=O)C(COc1cccnc1)NS(=O)(=O)c1ccc(C)cc1. The molecule has 10 heteroatoms. The summed E-state index contributed by atoms with van der Waals surface area (Å²) < 4.78 is 38.0. The first-order chi connectivity index (χ1) is 14.8. The van der Waals surface area contributed by atoms with Crippen molar-refractivity contribution in [2.24, 2.45) is 0 Å². The highest BCUT2D eigenvalue weighted by atomic mass is 32.2. The van der Waals surface area contributed by atoms with Gasteiger partial charge < -0.3 is 14.8 Å². The minimum atomic E-state index is -3.94. The topological polar surface area (TPSA) is 124 Å². The van der Waals surface area contributed by atoms with Crippen LogP contribution in [-0.4, -0.2) is 51.6 Å². The van der Waals surface area contributed by atoms with Gasteiger partial charge in [0.25, 0.3) is 0 Å². The van der Waals surface area contributed by atoms with Crippen molar-refractivity contribution in [2.75, 3.05) is 20.3 Å². The summed E-state index contributed by atoms with van der Waals surface area (Å²) in [6, 6.07) is 8.47. The summed E-state index contributed by atoms with van der Waals surface area (Å²) in [6.07, 6.45) is 4.38. The zero-order valence-electron chi connectivity index (χ0n) is 17.5. The smallest absolute Gasteiger partial charge is 0.305 e. The number of methoxy groups -OCH3 is 1. The number of hydrogen-bond donors (Lipinski definition) is 2. The summed E-state index contributed by atoms with van der Waals surface area (Å²) in [5.74, 6) is -0.439. The number of ether oxygens (including phenoxy) is 2. The molecule has 9 nitrogen and oxygen atoms in total. The lowest BCUT2D eigenvalue weighted by molar-refractivity contribution is -0.140. The van der Waals surface area contributed by atoms with Crippen LogP contribution in [0.3, 0.4) is 0 Å². The van der Waals surface area contributed by atoms with Crippen LogP contribution in [0, 0.1) is 6.92 Å². The Morgan fingerprint density at radius 3 is 2.52 bits per heavy atom. The van der Waals surface area contributed by atoms with Gasteiger partial charge >= 0.3 is 5.97 Å². The van der Waals surface area contributed by atoms with E-state index in [4.69, 9.17) is 4.74 Å². The van der Waals surface area contributed by atoms with Gasteiger partial charge in [-0.05, 0) is 44.0 Å². The summed E-state index contributed by atoms with van der Waals surface area (Å²) in [5.41, 5.74) is 0.917. The number of nitrogens with zero attached hydrogens (tertiary/aromatic N) is 1. The predicted molar refractivity (Wildman–Crippen MR) is 114 cm³/mol. The third-order valence-electron chi connectivity index (χ3n) is 4.33. The molecule has 1 heterocycles. The van der Waals surface area contributed by atoms with Gasteiger partial charge in [-0.25, -0.2) is 8.42 Å². The van der Waals surface area contributed by atoms with Crippen LogP contribution in [0.15, 0.2) is 53.7 Å². The molecular formula is C21H27N3O6S. The molecule has 0 aliphatic carbocycles.